The molecule has 2 heterocycles. The molecule has 2 saturated heterocycles. The smallest absolute Gasteiger partial charge is 0.0702 e. The molecule has 2 fully saturated rings. The highest BCUT2D eigenvalue weighted by molar-refractivity contribution is 4.80. The first kappa shape index (κ1) is 12.3. The van der Waals surface area contributed by atoms with E-state index in [4.69, 9.17) is 4.74 Å². The second kappa shape index (κ2) is 6.58. The van der Waals surface area contributed by atoms with E-state index >= 15 is 0 Å². The molecule has 0 radical (unpaired) electrons. The molecule has 3 heteroatoms. The summed E-state index contributed by atoms with van der Waals surface area (Å²) in [4.78, 5) is 2.68. The van der Waals surface area contributed by atoms with E-state index in [-0.39, 0.29) is 0 Å². The quantitative estimate of drug-likeness (QED) is 0.771. The van der Waals surface area contributed by atoms with Crippen LogP contribution >= 0.6 is 0 Å². The van der Waals surface area contributed by atoms with Crippen LogP contribution in [0.15, 0.2) is 0 Å². The normalized spacial score (nSPS) is 32.1. The Hall–Kier alpha value is -0.120. The highest BCUT2D eigenvalue weighted by Crippen LogP contribution is 2.22. The van der Waals surface area contributed by atoms with Gasteiger partial charge in [0.15, 0.2) is 0 Å². The first-order chi connectivity index (χ1) is 7.90. The van der Waals surface area contributed by atoms with Gasteiger partial charge < -0.3 is 10.1 Å². The van der Waals surface area contributed by atoms with E-state index in [9.17, 15) is 0 Å². The summed E-state index contributed by atoms with van der Waals surface area (Å²) in [5.74, 6) is 0. The molecule has 2 rings (SSSR count). The van der Waals surface area contributed by atoms with E-state index in [0.717, 1.165) is 19.2 Å². The molecule has 0 aliphatic carbocycles. The summed E-state index contributed by atoms with van der Waals surface area (Å²) in [6.45, 7) is 4.59. The Kier molecular flexibility index (Phi) is 5.07. The van der Waals surface area contributed by atoms with Crippen LogP contribution in [0.2, 0.25) is 0 Å². The summed E-state index contributed by atoms with van der Waals surface area (Å²) in [7, 11) is 2.05. The predicted molar refractivity (Wildman–Crippen MR) is 66.7 cm³/mol. The Balaban J connectivity index is 1.78. The van der Waals surface area contributed by atoms with Gasteiger partial charge in [-0.15, -0.1) is 0 Å². The van der Waals surface area contributed by atoms with Gasteiger partial charge in [0.05, 0.1) is 6.10 Å². The van der Waals surface area contributed by atoms with Crippen molar-refractivity contribution in [1.29, 1.82) is 0 Å². The summed E-state index contributed by atoms with van der Waals surface area (Å²) in [6, 6.07) is 0.797. The van der Waals surface area contributed by atoms with Gasteiger partial charge >= 0.3 is 0 Å². The summed E-state index contributed by atoms with van der Waals surface area (Å²) in [5, 5.41) is 3.27. The third-order valence-corrected chi connectivity index (χ3v) is 3.94. The van der Waals surface area contributed by atoms with Crippen molar-refractivity contribution in [1.82, 2.24) is 10.2 Å². The lowest BCUT2D eigenvalue weighted by Gasteiger charge is -2.37. The number of ether oxygens (including phenoxy) is 1. The molecule has 0 saturated carbocycles. The van der Waals surface area contributed by atoms with Gasteiger partial charge in [0, 0.05) is 19.2 Å². The maximum Gasteiger partial charge on any atom is 0.0702 e. The van der Waals surface area contributed by atoms with Crippen molar-refractivity contribution in [3.05, 3.63) is 0 Å². The summed E-state index contributed by atoms with van der Waals surface area (Å²) in [6.07, 6.45) is 8.53. The minimum atomic E-state index is 0.523. The van der Waals surface area contributed by atoms with Gasteiger partial charge in [0.25, 0.3) is 0 Å². The van der Waals surface area contributed by atoms with E-state index in [1.165, 1.54) is 51.6 Å². The van der Waals surface area contributed by atoms with Gasteiger partial charge in [-0.1, -0.05) is 6.42 Å². The third kappa shape index (κ3) is 3.44. The number of nitrogens with zero attached hydrogens (tertiary/aromatic N) is 1. The van der Waals surface area contributed by atoms with Gasteiger partial charge in [-0.05, 0) is 52.2 Å². The lowest BCUT2D eigenvalue weighted by atomic mass is 9.98. The second-order valence-corrected chi connectivity index (χ2v) is 5.17. The second-order valence-electron chi connectivity index (χ2n) is 5.17. The Morgan fingerprint density at radius 2 is 2.19 bits per heavy atom. The molecule has 0 bridgehead atoms. The van der Waals surface area contributed by atoms with Crippen LogP contribution in [0.25, 0.3) is 0 Å². The number of nitrogens with one attached hydrogen (secondary N) is 1. The average molecular weight is 226 g/mol. The van der Waals surface area contributed by atoms with Crippen LogP contribution < -0.4 is 5.32 Å². The average Bonchev–Trinajstić information content (AvgIpc) is 2.81. The lowest BCUT2D eigenvalue weighted by molar-refractivity contribution is 0.0424. The SMILES string of the molecule is CNCCC1CCCCN1CC1CCCO1. The zero-order chi connectivity index (χ0) is 11.2. The number of likely N-dealkylation sites (tertiary alicyclic amines) is 1. The molecular formula is C13H26N2O. The first-order valence-corrected chi connectivity index (χ1v) is 6.90. The van der Waals surface area contributed by atoms with Crippen LogP contribution in [0.3, 0.4) is 0 Å². The number of rotatable bonds is 5. The van der Waals surface area contributed by atoms with Crippen LogP contribution in [0, 0.1) is 0 Å². The maximum absolute atomic E-state index is 5.75. The van der Waals surface area contributed by atoms with E-state index in [2.05, 4.69) is 10.2 Å². The minimum Gasteiger partial charge on any atom is -0.377 e. The molecule has 2 unspecified atom stereocenters. The maximum atomic E-state index is 5.75. The van der Waals surface area contributed by atoms with Gasteiger partial charge in [0.1, 0.15) is 0 Å². The molecular weight excluding hydrogens is 200 g/mol. The van der Waals surface area contributed by atoms with Crippen LogP contribution in [0.4, 0.5) is 0 Å². The van der Waals surface area contributed by atoms with Crippen LogP contribution in [-0.2, 0) is 4.74 Å². The van der Waals surface area contributed by atoms with Crippen molar-refractivity contribution in [2.24, 2.45) is 0 Å². The summed E-state index contributed by atoms with van der Waals surface area (Å²) >= 11 is 0. The van der Waals surface area contributed by atoms with E-state index in [0.29, 0.717) is 6.10 Å². The Morgan fingerprint density at radius 1 is 1.25 bits per heavy atom. The molecule has 16 heavy (non-hydrogen) atoms. The monoisotopic (exact) mass is 226 g/mol. The van der Waals surface area contributed by atoms with Gasteiger partial charge in [-0.2, -0.15) is 0 Å². The minimum absolute atomic E-state index is 0.523. The van der Waals surface area contributed by atoms with Crippen molar-refractivity contribution >= 4 is 0 Å². The Morgan fingerprint density at radius 3 is 2.94 bits per heavy atom. The van der Waals surface area contributed by atoms with Crippen LogP contribution in [0.5, 0.6) is 0 Å². The number of hydrogen-bond donors (Lipinski definition) is 1. The fraction of sp³-hybridized carbons (Fsp3) is 1.00. The van der Waals surface area contributed by atoms with Crippen LogP contribution in [0.1, 0.15) is 38.5 Å². The van der Waals surface area contributed by atoms with Crippen molar-refractivity contribution in [2.75, 3.05) is 33.3 Å². The number of piperidine rings is 1. The summed E-state index contributed by atoms with van der Waals surface area (Å²) in [5.41, 5.74) is 0. The zero-order valence-corrected chi connectivity index (χ0v) is 10.6. The molecule has 2 atom stereocenters. The first-order valence-electron chi connectivity index (χ1n) is 6.90. The number of hydrogen-bond acceptors (Lipinski definition) is 3. The van der Waals surface area contributed by atoms with Crippen molar-refractivity contribution in [3.63, 3.8) is 0 Å². The molecule has 94 valence electrons. The molecule has 0 amide bonds. The zero-order valence-electron chi connectivity index (χ0n) is 10.6. The molecule has 0 aromatic heterocycles. The third-order valence-electron chi connectivity index (χ3n) is 3.94. The highest BCUT2D eigenvalue weighted by atomic mass is 16.5. The lowest BCUT2D eigenvalue weighted by Crippen LogP contribution is -2.44. The molecule has 3 nitrogen and oxygen atoms in total. The van der Waals surface area contributed by atoms with Gasteiger partial charge in [-0.3, -0.25) is 4.90 Å². The topological polar surface area (TPSA) is 24.5 Å². The molecule has 0 spiro atoms. The standard InChI is InChI=1S/C13H26N2O/c1-14-8-7-12-5-2-3-9-15(12)11-13-6-4-10-16-13/h12-14H,2-11H2,1H3. The van der Waals surface area contributed by atoms with E-state index in [1.807, 2.05) is 7.05 Å². The fourth-order valence-corrected chi connectivity index (χ4v) is 2.99. The van der Waals surface area contributed by atoms with Crippen LogP contribution in [-0.4, -0.2) is 50.3 Å². The predicted octanol–water partition coefficient (Wildman–Crippen LogP) is 1.63. The molecule has 0 aromatic carbocycles. The molecule has 1 N–H and O–H groups in total. The Bertz CT molecular complexity index is 192. The molecule has 2 aliphatic rings. The highest BCUT2D eigenvalue weighted by Gasteiger charge is 2.26. The van der Waals surface area contributed by atoms with Crippen molar-refractivity contribution < 1.29 is 4.74 Å². The largest absolute Gasteiger partial charge is 0.377 e. The summed E-state index contributed by atoms with van der Waals surface area (Å²) < 4.78 is 5.75. The van der Waals surface area contributed by atoms with Crippen molar-refractivity contribution in [2.45, 2.75) is 50.7 Å². The van der Waals surface area contributed by atoms with Crippen molar-refractivity contribution in [3.8, 4) is 0 Å². The van der Waals surface area contributed by atoms with E-state index in [1.54, 1.807) is 0 Å². The molecule has 2 aliphatic heterocycles. The molecule has 0 aromatic rings. The van der Waals surface area contributed by atoms with Gasteiger partial charge in [0.2, 0.25) is 0 Å². The Labute approximate surface area is 99.5 Å². The van der Waals surface area contributed by atoms with Gasteiger partial charge in [-0.25, -0.2) is 0 Å². The van der Waals surface area contributed by atoms with E-state index < -0.39 is 0 Å². The fourth-order valence-electron chi connectivity index (χ4n) is 2.99.